The zero-order valence-corrected chi connectivity index (χ0v) is 8.83. The van der Waals surface area contributed by atoms with E-state index in [0.29, 0.717) is 5.92 Å². The summed E-state index contributed by atoms with van der Waals surface area (Å²) < 4.78 is 13.1. The first kappa shape index (κ1) is 10.2. The van der Waals surface area contributed by atoms with Crippen molar-refractivity contribution in [3.05, 3.63) is 35.6 Å². The van der Waals surface area contributed by atoms with E-state index >= 15 is 0 Å². The third kappa shape index (κ3) is 1.52. The van der Waals surface area contributed by atoms with E-state index in [1.807, 2.05) is 6.07 Å². The van der Waals surface area contributed by atoms with Crippen LogP contribution in [0.3, 0.4) is 0 Å². The zero-order valence-electron chi connectivity index (χ0n) is 8.83. The number of hydrogen-bond donors (Lipinski definition) is 0. The summed E-state index contributed by atoms with van der Waals surface area (Å²) in [5, 5.41) is 9.36. The third-order valence-corrected chi connectivity index (χ3v) is 3.59. The van der Waals surface area contributed by atoms with Gasteiger partial charge in [-0.25, -0.2) is 4.39 Å². The van der Waals surface area contributed by atoms with Crippen molar-refractivity contribution >= 4 is 0 Å². The molecule has 1 aromatic carbocycles. The summed E-state index contributed by atoms with van der Waals surface area (Å²) in [6, 6.07) is 8.89. The molecule has 1 nitrogen and oxygen atoms in total. The molecule has 0 bridgehead atoms. The molecule has 0 aromatic heterocycles. The van der Waals surface area contributed by atoms with E-state index in [1.54, 1.807) is 6.07 Å². The summed E-state index contributed by atoms with van der Waals surface area (Å²) >= 11 is 0. The number of nitriles is 1. The molecule has 0 radical (unpaired) electrons. The van der Waals surface area contributed by atoms with E-state index in [0.717, 1.165) is 24.8 Å². The van der Waals surface area contributed by atoms with Crippen molar-refractivity contribution < 1.29 is 4.39 Å². The minimum Gasteiger partial charge on any atom is -0.207 e. The minimum atomic E-state index is -0.456. The molecule has 1 saturated carbocycles. The number of hydrogen-bond acceptors (Lipinski definition) is 1. The van der Waals surface area contributed by atoms with E-state index < -0.39 is 5.41 Å². The van der Waals surface area contributed by atoms with Crippen molar-refractivity contribution in [1.82, 2.24) is 0 Å². The molecule has 2 rings (SSSR count). The van der Waals surface area contributed by atoms with E-state index in [4.69, 9.17) is 0 Å². The smallest absolute Gasteiger partial charge is 0.123 e. The molecule has 1 fully saturated rings. The van der Waals surface area contributed by atoms with Crippen molar-refractivity contribution in [1.29, 1.82) is 5.26 Å². The molecular weight excluding hydrogens is 189 g/mol. The summed E-state index contributed by atoms with van der Waals surface area (Å²) in [6.07, 6.45) is 2.98. The van der Waals surface area contributed by atoms with Gasteiger partial charge >= 0.3 is 0 Å². The SMILES string of the molecule is CC1CCCC1(C#N)c1cccc(F)c1. The number of nitrogens with zero attached hydrogens (tertiary/aromatic N) is 1. The molecule has 0 saturated heterocycles. The number of rotatable bonds is 1. The number of benzene rings is 1. The van der Waals surface area contributed by atoms with Crippen molar-refractivity contribution in [2.24, 2.45) is 5.92 Å². The molecule has 0 aliphatic heterocycles. The van der Waals surface area contributed by atoms with Gasteiger partial charge in [0.05, 0.1) is 11.5 Å². The highest BCUT2D eigenvalue weighted by molar-refractivity contribution is 5.35. The van der Waals surface area contributed by atoms with Gasteiger partial charge in [-0.1, -0.05) is 25.5 Å². The second-order valence-electron chi connectivity index (χ2n) is 4.39. The van der Waals surface area contributed by atoms with Crippen LogP contribution in [0, 0.1) is 23.1 Å². The fourth-order valence-corrected chi connectivity index (χ4v) is 2.61. The van der Waals surface area contributed by atoms with Gasteiger partial charge in [-0.05, 0) is 36.5 Å². The van der Waals surface area contributed by atoms with Crippen LogP contribution in [0.5, 0.6) is 0 Å². The highest BCUT2D eigenvalue weighted by Crippen LogP contribution is 2.45. The molecule has 2 unspecified atom stereocenters. The zero-order chi connectivity index (χ0) is 10.9. The summed E-state index contributed by atoms with van der Waals surface area (Å²) in [4.78, 5) is 0. The van der Waals surface area contributed by atoms with Crippen LogP contribution in [0.1, 0.15) is 31.7 Å². The first-order valence-corrected chi connectivity index (χ1v) is 5.36. The lowest BCUT2D eigenvalue weighted by Gasteiger charge is -2.26. The first-order chi connectivity index (χ1) is 7.19. The van der Waals surface area contributed by atoms with Crippen LogP contribution in [-0.2, 0) is 5.41 Å². The van der Waals surface area contributed by atoms with Gasteiger partial charge < -0.3 is 0 Å². The maximum absolute atomic E-state index is 13.1. The quantitative estimate of drug-likeness (QED) is 0.686. The van der Waals surface area contributed by atoms with E-state index in [1.165, 1.54) is 12.1 Å². The van der Waals surface area contributed by atoms with Gasteiger partial charge in [-0.15, -0.1) is 0 Å². The van der Waals surface area contributed by atoms with Gasteiger partial charge in [0.2, 0.25) is 0 Å². The molecule has 1 aromatic rings. The average Bonchev–Trinajstić information content (AvgIpc) is 2.61. The maximum Gasteiger partial charge on any atom is 0.123 e. The van der Waals surface area contributed by atoms with E-state index in [-0.39, 0.29) is 5.82 Å². The largest absolute Gasteiger partial charge is 0.207 e. The highest BCUT2D eigenvalue weighted by Gasteiger charge is 2.42. The highest BCUT2D eigenvalue weighted by atomic mass is 19.1. The Labute approximate surface area is 89.5 Å². The van der Waals surface area contributed by atoms with Crippen LogP contribution in [0.15, 0.2) is 24.3 Å². The molecule has 15 heavy (non-hydrogen) atoms. The summed E-state index contributed by atoms with van der Waals surface area (Å²) in [6.45, 7) is 2.08. The van der Waals surface area contributed by atoms with Gasteiger partial charge in [0.25, 0.3) is 0 Å². The summed E-state index contributed by atoms with van der Waals surface area (Å²) in [5.41, 5.74) is 0.386. The molecular formula is C13H14FN. The van der Waals surface area contributed by atoms with Crippen molar-refractivity contribution in [3.63, 3.8) is 0 Å². The third-order valence-electron chi connectivity index (χ3n) is 3.59. The summed E-state index contributed by atoms with van der Waals surface area (Å²) in [5.74, 6) is 0.0746. The van der Waals surface area contributed by atoms with Crippen LogP contribution in [0.25, 0.3) is 0 Å². The van der Waals surface area contributed by atoms with Crippen molar-refractivity contribution in [2.45, 2.75) is 31.6 Å². The molecule has 0 spiro atoms. The minimum absolute atomic E-state index is 0.249. The van der Waals surface area contributed by atoms with Crippen LogP contribution in [0.4, 0.5) is 4.39 Å². The average molecular weight is 203 g/mol. The Morgan fingerprint density at radius 2 is 2.33 bits per heavy atom. The second-order valence-corrected chi connectivity index (χ2v) is 4.39. The van der Waals surface area contributed by atoms with Gasteiger partial charge in [0.15, 0.2) is 0 Å². The Kier molecular flexibility index (Phi) is 2.48. The van der Waals surface area contributed by atoms with Gasteiger partial charge in [-0.3, -0.25) is 0 Å². The monoisotopic (exact) mass is 203 g/mol. The lowest BCUT2D eigenvalue weighted by Crippen LogP contribution is -2.26. The fourth-order valence-electron chi connectivity index (χ4n) is 2.61. The van der Waals surface area contributed by atoms with Crippen molar-refractivity contribution in [3.8, 4) is 6.07 Å². The Balaban J connectivity index is 2.48. The number of halogens is 1. The lowest BCUT2D eigenvalue weighted by atomic mass is 9.74. The maximum atomic E-state index is 13.1. The molecule has 2 atom stereocenters. The van der Waals surface area contributed by atoms with Gasteiger partial charge in [-0.2, -0.15) is 5.26 Å². The predicted molar refractivity (Wildman–Crippen MR) is 56.7 cm³/mol. The van der Waals surface area contributed by atoms with Crippen molar-refractivity contribution in [2.75, 3.05) is 0 Å². The van der Waals surface area contributed by atoms with Crippen LogP contribution >= 0.6 is 0 Å². The predicted octanol–water partition coefficient (Wildman–Crippen LogP) is 3.41. The van der Waals surface area contributed by atoms with E-state index in [2.05, 4.69) is 13.0 Å². The molecule has 0 N–H and O–H groups in total. The molecule has 0 amide bonds. The lowest BCUT2D eigenvalue weighted by molar-refractivity contribution is 0.429. The summed E-state index contributed by atoms with van der Waals surface area (Å²) in [7, 11) is 0. The normalized spacial score (nSPS) is 30.1. The van der Waals surface area contributed by atoms with Crippen LogP contribution < -0.4 is 0 Å². The van der Waals surface area contributed by atoms with Gasteiger partial charge in [0.1, 0.15) is 5.82 Å². The molecule has 2 heteroatoms. The molecule has 78 valence electrons. The fraction of sp³-hybridized carbons (Fsp3) is 0.462. The van der Waals surface area contributed by atoms with Crippen LogP contribution in [0.2, 0.25) is 0 Å². The van der Waals surface area contributed by atoms with Gasteiger partial charge in [0, 0.05) is 0 Å². The Hall–Kier alpha value is -1.36. The molecule has 0 heterocycles. The topological polar surface area (TPSA) is 23.8 Å². The Morgan fingerprint density at radius 3 is 2.87 bits per heavy atom. The second kappa shape index (κ2) is 3.66. The Bertz CT molecular complexity index is 407. The standard InChI is InChI=1S/C13H14FN/c1-10-4-3-7-13(10,9-15)11-5-2-6-12(14)8-11/h2,5-6,8,10H,3-4,7H2,1H3. The first-order valence-electron chi connectivity index (χ1n) is 5.36. The molecule has 1 aliphatic rings. The molecule has 1 aliphatic carbocycles. The van der Waals surface area contributed by atoms with E-state index in [9.17, 15) is 9.65 Å². The van der Waals surface area contributed by atoms with Crippen LogP contribution in [-0.4, -0.2) is 0 Å². The Morgan fingerprint density at radius 1 is 1.53 bits per heavy atom.